The lowest BCUT2D eigenvalue weighted by molar-refractivity contribution is 0.0954. The topological polar surface area (TPSA) is 82.6 Å². The number of hydrogen-bond donors (Lipinski definition) is 1. The lowest BCUT2D eigenvalue weighted by Crippen LogP contribution is -2.27. The van der Waals surface area contributed by atoms with Gasteiger partial charge in [-0.3, -0.25) is 4.79 Å². The van der Waals surface area contributed by atoms with Crippen LogP contribution in [0, 0.1) is 5.82 Å². The molecule has 5 rings (SSSR count). The molecule has 0 fully saturated rings. The fraction of sp³-hybridized carbons (Fsp3) is 0.304. The van der Waals surface area contributed by atoms with E-state index in [1.165, 1.54) is 23.4 Å². The summed E-state index contributed by atoms with van der Waals surface area (Å²) in [5.74, 6) is 1.73. The summed E-state index contributed by atoms with van der Waals surface area (Å²) in [4.78, 5) is 13.0. The summed E-state index contributed by atoms with van der Waals surface area (Å²) in [5, 5.41) is 15.9. The van der Waals surface area contributed by atoms with Gasteiger partial charge in [0, 0.05) is 38.3 Å². The van der Waals surface area contributed by atoms with Gasteiger partial charge in [-0.05, 0) is 37.1 Å². The minimum atomic E-state index is -0.413. The van der Waals surface area contributed by atoms with Crippen molar-refractivity contribution in [1.29, 1.82) is 0 Å². The molecule has 9 heteroatoms. The Morgan fingerprint density at radius 1 is 1.06 bits per heavy atom. The van der Waals surface area contributed by atoms with Crippen molar-refractivity contribution in [3.63, 3.8) is 0 Å². The molecular weight excluding hydrogens is 409 g/mol. The van der Waals surface area contributed by atoms with E-state index >= 15 is 0 Å². The maximum Gasteiger partial charge on any atom is 0.256 e. The van der Waals surface area contributed by atoms with Crippen LogP contribution in [0.1, 0.15) is 41.3 Å². The van der Waals surface area contributed by atoms with Gasteiger partial charge in [0.2, 0.25) is 0 Å². The van der Waals surface area contributed by atoms with Crippen LogP contribution in [0.2, 0.25) is 0 Å². The molecule has 1 aliphatic heterocycles. The molecule has 32 heavy (non-hydrogen) atoms. The van der Waals surface area contributed by atoms with Crippen molar-refractivity contribution in [2.24, 2.45) is 0 Å². The first-order valence-electron chi connectivity index (χ1n) is 10.9. The number of fused-ring (bicyclic) bond motifs is 1. The van der Waals surface area contributed by atoms with Crippen molar-refractivity contribution in [3.05, 3.63) is 78.0 Å². The highest BCUT2D eigenvalue weighted by molar-refractivity contribution is 5.97. The molecule has 8 nitrogen and oxygen atoms in total. The van der Waals surface area contributed by atoms with Gasteiger partial charge < -0.3 is 14.5 Å². The van der Waals surface area contributed by atoms with Crippen LogP contribution < -0.4 is 5.32 Å². The van der Waals surface area contributed by atoms with E-state index in [0.717, 1.165) is 37.5 Å². The molecule has 0 radical (unpaired) electrons. The van der Waals surface area contributed by atoms with Gasteiger partial charge in [0.25, 0.3) is 5.91 Å². The van der Waals surface area contributed by atoms with Gasteiger partial charge in [-0.2, -0.15) is 5.10 Å². The maximum atomic E-state index is 14.4. The molecule has 0 saturated carbocycles. The summed E-state index contributed by atoms with van der Waals surface area (Å²) < 4.78 is 19.8. The fourth-order valence-electron chi connectivity index (χ4n) is 4.14. The number of carbonyl (C=O) groups is 1. The van der Waals surface area contributed by atoms with E-state index in [4.69, 9.17) is 0 Å². The number of rotatable bonds is 6. The van der Waals surface area contributed by atoms with Crippen LogP contribution in [-0.4, -0.2) is 41.6 Å². The van der Waals surface area contributed by atoms with Crippen LogP contribution in [0.25, 0.3) is 11.5 Å². The lowest BCUT2D eigenvalue weighted by atomic mass is 10.2. The van der Waals surface area contributed by atoms with Crippen LogP contribution in [0.15, 0.2) is 55.0 Å². The Balaban J connectivity index is 1.36. The highest BCUT2D eigenvalue weighted by Crippen LogP contribution is 2.22. The Morgan fingerprint density at radius 3 is 2.75 bits per heavy atom. The van der Waals surface area contributed by atoms with E-state index in [0.29, 0.717) is 24.3 Å². The molecule has 1 amide bonds. The van der Waals surface area contributed by atoms with Gasteiger partial charge >= 0.3 is 0 Å². The molecule has 164 valence electrons. The molecule has 0 aliphatic carbocycles. The van der Waals surface area contributed by atoms with Gasteiger partial charge in [-0.25, -0.2) is 9.07 Å². The maximum absolute atomic E-state index is 14.4. The number of para-hydroxylation sites is 1. The Morgan fingerprint density at radius 2 is 1.91 bits per heavy atom. The number of nitrogens with zero attached hydrogens (tertiary/aromatic N) is 6. The second-order valence-corrected chi connectivity index (χ2v) is 7.84. The Hall–Kier alpha value is -3.75. The number of amides is 1. The predicted octanol–water partition coefficient (Wildman–Crippen LogP) is 3.09. The number of nitrogens with one attached hydrogen (secondary N) is 1. The predicted molar refractivity (Wildman–Crippen MR) is 116 cm³/mol. The van der Waals surface area contributed by atoms with E-state index in [1.807, 2.05) is 12.1 Å². The molecular formula is C23H24FN7O. The fourth-order valence-corrected chi connectivity index (χ4v) is 4.14. The standard InChI is InChI=1S/C23H24FN7O/c24-18-8-3-4-9-19(18)31-23(29-13-6-7-14-29)17(16-26-31)22(32)25-12-11-21-28-27-20-10-2-1-5-15-30(20)21/h3-4,6-9,13-14,16H,1-2,5,10-12,15H2,(H,25,32). The first-order valence-corrected chi connectivity index (χ1v) is 10.9. The SMILES string of the molecule is O=C(NCCc1nnc2n1CCCCC2)c1cnn(-c2ccccc2F)c1-n1cccc1. The van der Waals surface area contributed by atoms with Gasteiger partial charge in [0.15, 0.2) is 5.82 Å². The summed E-state index contributed by atoms with van der Waals surface area (Å²) in [6.07, 6.45) is 10.1. The summed E-state index contributed by atoms with van der Waals surface area (Å²) in [5.41, 5.74) is 0.644. The average Bonchev–Trinajstić information content (AvgIpc) is 3.51. The molecule has 1 aromatic carbocycles. The number of halogens is 1. The van der Waals surface area contributed by atoms with E-state index < -0.39 is 5.82 Å². The minimum Gasteiger partial charge on any atom is -0.351 e. The average molecular weight is 433 g/mol. The number of carbonyl (C=O) groups excluding carboxylic acids is 1. The number of hydrogen-bond acceptors (Lipinski definition) is 4. The van der Waals surface area contributed by atoms with Crippen LogP contribution in [-0.2, 0) is 19.4 Å². The molecule has 0 saturated heterocycles. The molecule has 3 aromatic heterocycles. The van der Waals surface area contributed by atoms with Crippen LogP contribution in [0.3, 0.4) is 0 Å². The molecule has 0 unspecified atom stereocenters. The normalized spacial score (nSPS) is 13.5. The molecule has 0 bridgehead atoms. The zero-order chi connectivity index (χ0) is 21.9. The Bertz CT molecular complexity index is 1230. The first-order chi connectivity index (χ1) is 15.7. The third-order valence-corrected chi connectivity index (χ3v) is 5.74. The highest BCUT2D eigenvalue weighted by atomic mass is 19.1. The van der Waals surface area contributed by atoms with Crippen molar-refractivity contribution >= 4 is 5.91 Å². The van der Waals surface area contributed by atoms with Gasteiger partial charge in [0.05, 0.1) is 6.20 Å². The van der Waals surface area contributed by atoms with Crippen LogP contribution in [0.4, 0.5) is 4.39 Å². The van der Waals surface area contributed by atoms with Crippen LogP contribution in [0.5, 0.6) is 0 Å². The van der Waals surface area contributed by atoms with Crippen LogP contribution >= 0.6 is 0 Å². The van der Waals surface area contributed by atoms with Gasteiger partial charge in [-0.15, -0.1) is 10.2 Å². The number of aromatic nitrogens is 6. The third kappa shape index (κ3) is 3.81. The van der Waals surface area contributed by atoms with Gasteiger partial charge in [0.1, 0.15) is 28.7 Å². The summed E-state index contributed by atoms with van der Waals surface area (Å²) in [7, 11) is 0. The first kappa shape index (κ1) is 20.2. The quantitative estimate of drug-likeness (QED) is 0.507. The summed E-state index contributed by atoms with van der Waals surface area (Å²) >= 11 is 0. The van der Waals surface area contributed by atoms with Crippen molar-refractivity contribution in [2.75, 3.05) is 6.54 Å². The minimum absolute atomic E-state index is 0.271. The number of aryl methyl sites for hydroxylation is 1. The number of benzene rings is 1. The Kier molecular flexibility index (Phi) is 5.53. The summed E-state index contributed by atoms with van der Waals surface area (Å²) in [6, 6.07) is 10.1. The molecule has 0 atom stereocenters. The van der Waals surface area contributed by atoms with Crippen molar-refractivity contribution < 1.29 is 9.18 Å². The molecule has 1 N–H and O–H groups in total. The van der Waals surface area contributed by atoms with E-state index in [1.54, 1.807) is 35.2 Å². The smallest absolute Gasteiger partial charge is 0.256 e. The molecule has 4 aromatic rings. The molecule has 1 aliphatic rings. The second-order valence-electron chi connectivity index (χ2n) is 7.84. The van der Waals surface area contributed by atoms with Crippen molar-refractivity contribution in [2.45, 2.75) is 38.6 Å². The monoisotopic (exact) mass is 433 g/mol. The zero-order valence-corrected chi connectivity index (χ0v) is 17.6. The molecule has 0 spiro atoms. The lowest BCUT2D eigenvalue weighted by Gasteiger charge is -2.12. The summed E-state index contributed by atoms with van der Waals surface area (Å²) in [6.45, 7) is 1.35. The van der Waals surface area contributed by atoms with E-state index in [9.17, 15) is 9.18 Å². The van der Waals surface area contributed by atoms with Gasteiger partial charge in [-0.1, -0.05) is 18.6 Å². The van der Waals surface area contributed by atoms with Crippen molar-refractivity contribution in [1.82, 2.24) is 34.4 Å². The third-order valence-electron chi connectivity index (χ3n) is 5.74. The highest BCUT2D eigenvalue weighted by Gasteiger charge is 2.21. The van der Waals surface area contributed by atoms with E-state index in [-0.39, 0.29) is 11.6 Å². The van der Waals surface area contributed by atoms with Crippen molar-refractivity contribution in [3.8, 4) is 11.5 Å². The van der Waals surface area contributed by atoms with E-state index in [2.05, 4.69) is 25.2 Å². The largest absolute Gasteiger partial charge is 0.351 e. The second kappa shape index (κ2) is 8.78. The Labute approximate surface area is 184 Å². The molecule has 4 heterocycles. The zero-order valence-electron chi connectivity index (χ0n) is 17.6.